The quantitative estimate of drug-likeness (QED) is 0.495. The number of fused-ring (bicyclic) bond motifs is 1. The van der Waals surface area contributed by atoms with Crippen molar-refractivity contribution < 1.29 is 4.74 Å². The Morgan fingerprint density at radius 2 is 1.78 bits per heavy atom. The van der Waals surface area contributed by atoms with E-state index >= 15 is 0 Å². The molecule has 3 aromatic carbocycles. The van der Waals surface area contributed by atoms with E-state index in [0.717, 1.165) is 34.6 Å². The molecule has 0 amide bonds. The van der Waals surface area contributed by atoms with Crippen molar-refractivity contribution in [3.05, 3.63) is 83.7 Å². The van der Waals surface area contributed by atoms with Crippen molar-refractivity contribution in [3.8, 4) is 5.75 Å². The summed E-state index contributed by atoms with van der Waals surface area (Å²) in [5.74, 6) is 0.921. The van der Waals surface area contributed by atoms with Crippen molar-refractivity contribution in [2.24, 2.45) is 0 Å². The summed E-state index contributed by atoms with van der Waals surface area (Å²) in [6.07, 6.45) is 4.10. The van der Waals surface area contributed by atoms with Crippen LogP contribution in [0.25, 0.3) is 10.8 Å². The highest BCUT2D eigenvalue weighted by Gasteiger charge is 2.15. The van der Waals surface area contributed by atoms with Crippen molar-refractivity contribution in [2.45, 2.75) is 25.9 Å². The van der Waals surface area contributed by atoms with E-state index < -0.39 is 0 Å². The SMILES string of the molecule is C[CH]CCC(Oc1cccc2ccccc12)c1cccc(Cl)c1. The van der Waals surface area contributed by atoms with Gasteiger partial charge in [0.25, 0.3) is 0 Å². The number of benzene rings is 3. The Bertz CT molecular complexity index is 776. The minimum absolute atomic E-state index is 0.00398. The Morgan fingerprint density at radius 3 is 2.61 bits per heavy atom. The van der Waals surface area contributed by atoms with Crippen LogP contribution in [0.1, 0.15) is 31.4 Å². The van der Waals surface area contributed by atoms with Crippen LogP contribution >= 0.6 is 11.6 Å². The molecule has 0 aromatic heterocycles. The highest BCUT2D eigenvalue weighted by Crippen LogP contribution is 2.32. The Kier molecular flexibility index (Phi) is 5.19. The molecule has 0 aliphatic carbocycles. The fraction of sp³-hybridized carbons (Fsp3) is 0.190. The van der Waals surface area contributed by atoms with Gasteiger partial charge in [0.2, 0.25) is 0 Å². The first-order valence-electron chi connectivity index (χ1n) is 7.95. The molecule has 2 heteroatoms. The van der Waals surface area contributed by atoms with E-state index in [4.69, 9.17) is 16.3 Å². The number of hydrogen-bond donors (Lipinski definition) is 0. The van der Waals surface area contributed by atoms with Gasteiger partial charge >= 0.3 is 0 Å². The fourth-order valence-corrected chi connectivity index (χ4v) is 2.97. The molecule has 1 nitrogen and oxygen atoms in total. The smallest absolute Gasteiger partial charge is 0.128 e. The molecule has 3 aromatic rings. The van der Waals surface area contributed by atoms with Crippen LogP contribution in [0.4, 0.5) is 0 Å². The summed E-state index contributed by atoms with van der Waals surface area (Å²) < 4.78 is 6.39. The van der Waals surface area contributed by atoms with Gasteiger partial charge in [0, 0.05) is 10.4 Å². The standard InChI is InChI=1S/C21H20ClO/c1-2-3-13-20(17-10-6-11-18(22)15-17)23-21-14-7-9-16-8-4-5-12-19(16)21/h2,4-12,14-15,20H,3,13H2,1H3. The molecule has 117 valence electrons. The minimum Gasteiger partial charge on any atom is -0.485 e. The number of unbranched alkanes of at least 4 members (excludes halogenated alkanes) is 1. The van der Waals surface area contributed by atoms with Gasteiger partial charge in [0.15, 0.2) is 0 Å². The summed E-state index contributed by atoms with van der Waals surface area (Å²) in [6.45, 7) is 2.08. The lowest BCUT2D eigenvalue weighted by Gasteiger charge is -2.21. The zero-order valence-electron chi connectivity index (χ0n) is 13.2. The third-order valence-corrected chi connectivity index (χ3v) is 4.19. The van der Waals surface area contributed by atoms with Crippen LogP contribution in [0.2, 0.25) is 5.02 Å². The van der Waals surface area contributed by atoms with Gasteiger partial charge in [-0.05, 0) is 48.4 Å². The zero-order valence-corrected chi connectivity index (χ0v) is 14.0. The molecule has 0 bridgehead atoms. The lowest BCUT2D eigenvalue weighted by Crippen LogP contribution is -2.08. The average molecular weight is 324 g/mol. The average Bonchev–Trinajstić information content (AvgIpc) is 2.58. The number of rotatable bonds is 6. The van der Waals surface area contributed by atoms with E-state index in [1.165, 1.54) is 5.39 Å². The highest BCUT2D eigenvalue weighted by atomic mass is 35.5. The predicted molar refractivity (Wildman–Crippen MR) is 98.0 cm³/mol. The van der Waals surface area contributed by atoms with Gasteiger partial charge in [0.05, 0.1) is 0 Å². The maximum absolute atomic E-state index is 6.39. The number of ether oxygens (including phenoxy) is 1. The fourth-order valence-electron chi connectivity index (χ4n) is 2.77. The summed E-state index contributed by atoms with van der Waals surface area (Å²) in [6, 6.07) is 22.4. The first-order valence-corrected chi connectivity index (χ1v) is 8.33. The van der Waals surface area contributed by atoms with Crippen LogP contribution in [0.3, 0.4) is 0 Å². The molecule has 0 heterocycles. The summed E-state index contributed by atoms with van der Waals surface area (Å²) in [5, 5.41) is 3.08. The maximum atomic E-state index is 6.39. The van der Waals surface area contributed by atoms with E-state index in [0.29, 0.717) is 0 Å². The molecule has 1 atom stereocenters. The molecule has 0 N–H and O–H groups in total. The van der Waals surface area contributed by atoms with Crippen LogP contribution in [0, 0.1) is 6.42 Å². The van der Waals surface area contributed by atoms with Gasteiger partial charge in [-0.2, -0.15) is 0 Å². The Morgan fingerprint density at radius 1 is 1.00 bits per heavy atom. The lowest BCUT2D eigenvalue weighted by atomic mass is 10.0. The van der Waals surface area contributed by atoms with Crippen LogP contribution in [-0.4, -0.2) is 0 Å². The number of hydrogen-bond acceptors (Lipinski definition) is 1. The Hall–Kier alpha value is -1.99. The zero-order chi connectivity index (χ0) is 16.1. The normalized spacial score (nSPS) is 12.3. The van der Waals surface area contributed by atoms with E-state index in [2.05, 4.69) is 37.6 Å². The highest BCUT2D eigenvalue weighted by molar-refractivity contribution is 6.30. The van der Waals surface area contributed by atoms with Crippen LogP contribution < -0.4 is 4.74 Å². The molecule has 3 rings (SSSR count). The van der Waals surface area contributed by atoms with Crippen LogP contribution in [-0.2, 0) is 0 Å². The molecule has 0 saturated heterocycles. The lowest BCUT2D eigenvalue weighted by molar-refractivity contribution is 0.197. The monoisotopic (exact) mass is 323 g/mol. The van der Waals surface area contributed by atoms with Crippen molar-refractivity contribution in [3.63, 3.8) is 0 Å². The van der Waals surface area contributed by atoms with Gasteiger partial charge in [0.1, 0.15) is 11.9 Å². The minimum atomic E-state index is -0.00398. The van der Waals surface area contributed by atoms with Gasteiger partial charge in [-0.3, -0.25) is 0 Å². The van der Waals surface area contributed by atoms with E-state index in [9.17, 15) is 0 Å². The molecular weight excluding hydrogens is 304 g/mol. The van der Waals surface area contributed by atoms with Crippen molar-refractivity contribution in [2.75, 3.05) is 0 Å². The molecule has 23 heavy (non-hydrogen) atoms. The summed E-state index contributed by atoms with van der Waals surface area (Å²) >= 11 is 6.16. The first-order chi connectivity index (χ1) is 11.3. The second kappa shape index (κ2) is 7.52. The van der Waals surface area contributed by atoms with Crippen molar-refractivity contribution in [1.29, 1.82) is 0 Å². The van der Waals surface area contributed by atoms with Crippen molar-refractivity contribution >= 4 is 22.4 Å². The Labute approximate surface area is 142 Å². The van der Waals surface area contributed by atoms with Crippen molar-refractivity contribution in [1.82, 2.24) is 0 Å². The van der Waals surface area contributed by atoms with E-state index in [1.807, 2.05) is 42.5 Å². The van der Waals surface area contributed by atoms with E-state index in [-0.39, 0.29) is 6.10 Å². The molecule has 1 unspecified atom stereocenters. The van der Waals surface area contributed by atoms with Gasteiger partial charge in [-0.25, -0.2) is 0 Å². The molecule has 0 spiro atoms. The third kappa shape index (κ3) is 3.86. The second-order valence-electron chi connectivity index (χ2n) is 5.62. The molecule has 0 fully saturated rings. The molecule has 1 radical (unpaired) electrons. The molecule has 0 aliphatic rings. The second-order valence-corrected chi connectivity index (χ2v) is 6.06. The molecular formula is C21H20ClO. The third-order valence-electron chi connectivity index (χ3n) is 3.96. The predicted octanol–water partition coefficient (Wildman–Crippen LogP) is 6.62. The largest absolute Gasteiger partial charge is 0.485 e. The maximum Gasteiger partial charge on any atom is 0.128 e. The molecule has 0 saturated carbocycles. The van der Waals surface area contributed by atoms with Crippen LogP contribution in [0.5, 0.6) is 5.75 Å². The van der Waals surface area contributed by atoms with Crippen LogP contribution in [0.15, 0.2) is 66.7 Å². The van der Waals surface area contributed by atoms with Gasteiger partial charge in [-0.15, -0.1) is 0 Å². The first kappa shape index (κ1) is 15.9. The number of halogens is 1. The van der Waals surface area contributed by atoms with Gasteiger partial charge in [-0.1, -0.05) is 67.1 Å². The summed E-state index contributed by atoms with van der Waals surface area (Å²) in [7, 11) is 0. The summed E-state index contributed by atoms with van der Waals surface area (Å²) in [4.78, 5) is 0. The van der Waals surface area contributed by atoms with Gasteiger partial charge < -0.3 is 4.74 Å². The Balaban J connectivity index is 1.94. The summed E-state index contributed by atoms with van der Waals surface area (Å²) in [5.41, 5.74) is 1.12. The topological polar surface area (TPSA) is 9.23 Å². The van der Waals surface area contributed by atoms with E-state index in [1.54, 1.807) is 0 Å². The molecule has 0 aliphatic heterocycles.